The van der Waals surface area contributed by atoms with Crippen LogP contribution in [-0.4, -0.2) is 46.2 Å². The fourth-order valence-corrected chi connectivity index (χ4v) is 3.57. The monoisotopic (exact) mass is 366 g/mol. The Bertz CT molecular complexity index is 358. The third kappa shape index (κ3) is 3.70. The Morgan fingerprint density at radius 1 is 0.773 bits per heavy atom. The van der Waals surface area contributed by atoms with E-state index in [0.29, 0.717) is 0 Å². The number of halogens is 9. The van der Waals surface area contributed by atoms with Gasteiger partial charge in [-0.15, -0.1) is 0 Å². The molecule has 22 heavy (non-hydrogen) atoms. The topological polar surface area (TPSA) is 18.5 Å². The fourth-order valence-electron chi connectivity index (χ4n) is 1.52. The van der Waals surface area contributed by atoms with Crippen molar-refractivity contribution in [3.63, 3.8) is 0 Å². The second-order valence-electron chi connectivity index (χ2n) is 4.46. The number of alkyl halides is 9. The van der Waals surface area contributed by atoms with Crippen LogP contribution in [0.25, 0.3) is 0 Å². The van der Waals surface area contributed by atoms with Crippen LogP contribution in [0.1, 0.15) is 13.8 Å². The molecule has 0 amide bonds. The highest BCUT2D eigenvalue weighted by molar-refractivity contribution is 6.67. The molecule has 0 aliphatic rings. The third-order valence-electron chi connectivity index (χ3n) is 3.18. The molecule has 0 aromatic heterocycles. The van der Waals surface area contributed by atoms with Crippen molar-refractivity contribution < 1.29 is 48.4 Å². The molecule has 0 N–H and O–H groups in total. The normalized spacial score (nSPS) is 15.3. The van der Waals surface area contributed by atoms with Gasteiger partial charge in [0.1, 0.15) is 6.61 Å². The molecular weight excluding hydrogens is 351 g/mol. The smallest absolute Gasteiger partial charge is 0.398 e. The molecule has 0 bridgehead atoms. The van der Waals surface area contributed by atoms with Crippen molar-refractivity contribution in [3.8, 4) is 0 Å². The molecule has 0 aliphatic carbocycles. The Hall–Kier alpha value is -0.493. The molecule has 0 atom stereocenters. The summed E-state index contributed by atoms with van der Waals surface area (Å²) in [4.78, 5) is 0. The predicted molar refractivity (Wildman–Crippen MR) is 60.6 cm³/mol. The van der Waals surface area contributed by atoms with Crippen LogP contribution in [0.3, 0.4) is 0 Å². The first kappa shape index (κ1) is 21.5. The lowest BCUT2D eigenvalue weighted by molar-refractivity contribution is -0.398. The molecule has 134 valence electrons. The van der Waals surface area contributed by atoms with Crippen LogP contribution < -0.4 is 0 Å². The van der Waals surface area contributed by atoms with E-state index in [1.54, 1.807) is 0 Å². The Kier molecular flexibility index (Phi) is 6.41. The van der Waals surface area contributed by atoms with Gasteiger partial charge in [-0.1, -0.05) is 13.8 Å². The van der Waals surface area contributed by atoms with E-state index in [1.807, 2.05) is 0 Å². The summed E-state index contributed by atoms with van der Waals surface area (Å²) < 4.78 is 123. The minimum atomic E-state index is -6.90. The highest BCUT2D eigenvalue weighted by Crippen LogP contribution is 2.53. The van der Waals surface area contributed by atoms with E-state index >= 15 is 0 Å². The van der Waals surface area contributed by atoms with Gasteiger partial charge in [-0.05, 0) is 12.1 Å². The average Bonchev–Trinajstić information content (AvgIpc) is 2.39. The molecule has 0 spiro atoms. The molecule has 0 heterocycles. The van der Waals surface area contributed by atoms with E-state index in [2.05, 4.69) is 4.43 Å². The Morgan fingerprint density at radius 2 is 1.18 bits per heavy atom. The molecule has 0 aliphatic heterocycles. The second-order valence-corrected chi connectivity index (χ2v) is 8.39. The lowest BCUT2D eigenvalue weighted by Crippen LogP contribution is -2.63. The molecule has 0 fully saturated rings. The molecule has 0 rings (SSSR count). The Balaban J connectivity index is 5.39. The van der Waals surface area contributed by atoms with Gasteiger partial charge in [0.25, 0.3) is 0 Å². The van der Waals surface area contributed by atoms with Crippen molar-refractivity contribution >= 4 is 8.56 Å². The highest BCUT2D eigenvalue weighted by Gasteiger charge is 2.81. The van der Waals surface area contributed by atoms with Crippen LogP contribution in [0, 0.1) is 0 Å². The van der Waals surface area contributed by atoms with Gasteiger partial charge in [-0.2, -0.15) is 39.5 Å². The predicted octanol–water partition coefficient (Wildman–Crippen LogP) is 4.60. The van der Waals surface area contributed by atoms with Crippen molar-refractivity contribution in [2.24, 2.45) is 0 Å². The number of rotatable bonds is 8. The molecule has 12 heteroatoms. The van der Waals surface area contributed by atoms with Crippen molar-refractivity contribution in [1.82, 2.24) is 0 Å². The van der Waals surface area contributed by atoms with E-state index in [-0.39, 0.29) is 12.1 Å². The van der Waals surface area contributed by atoms with Crippen LogP contribution in [0.5, 0.6) is 0 Å². The summed E-state index contributed by atoms with van der Waals surface area (Å²) in [6, 6.07) is 0.0502. The second kappa shape index (κ2) is 6.55. The first-order valence-electron chi connectivity index (χ1n) is 6.03. The summed E-state index contributed by atoms with van der Waals surface area (Å²) in [7, 11) is -2.30. The molecule has 0 unspecified atom stereocenters. The SMILES string of the molecule is CC[Si](CC)(OC)OCC(F)(F)C(F)(F)C(F)(F)C(F)(F)F. The first-order valence-corrected chi connectivity index (χ1v) is 8.26. The van der Waals surface area contributed by atoms with Gasteiger partial charge in [0.05, 0.1) is 0 Å². The lowest BCUT2D eigenvalue weighted by atomic mass is 10.1. The van der Waals surface area contributed by atoms with Crippen LogP contribution in [0.4, 0.5) is 39.5 Å². The van der Waals surface area contributed by atoms with E-state index in [9.17, 15) is 39.5 Å². The summed E-state index contributed by atoms with van der Waals surface area (Å²) in [6.07, 6.45) is -6.83. The zero-order valence-corrected chi connectivity index (χ0v) is 12.8. The van der Waals surface area contributed by atoms with Gasteiger partial charge in [0.15, 0.2) is 0 Å². The van der Waals surface area contributed by atoms with E-state index < -0.39 is 39.1 Å². The highest BCUT2D eigenvalue weighted by atomic mass is 28.4. The molecule has 0 aromatic carbocycles. The summed E-state index contributed by atoms with van der Waals surface area (Å²) in [6.45, 7) is 0.563. The zero-order valence-electron chi connectivity index (χ0n) is 11.8. The average molecular weight is 366 g/mol. The van der Waals surface area contributed by atoms with Crippen LogP contribution >= 0.6 is 0 Å². The zero-order chi connectivity index (χ0) is 18.0. The minimum Gasteiger partial charge on any atom is -0.398 e. The maximum Gasteiger partial charge on any atom is 0.460 e. The standard InChI is InChI=1S/C10H15F9O2Si/c1-4-22(5-2,20-3)21-6-7(11,12)8(13,14)9(15,16)10(17,18)19/h4-6H2,1-3H3. The van der Waals surface area contributed by atoms with Gasteiger partial charge in [-0.25, -0.2) is 0 Å². The van der Waals surface area contributed by atoms with E-state index in [1.165, 1.54) is 13.8 Å². The number of hydrogen-bond donors (Lipinski definition) is 0. The molecule has 0 radical (unpaired) electrons. The van der Waals surface area contributed by atoms with Crippen molar-refractivity contribution in [2.45, 2.75) is 49.9 Å². The summed E-state index contributed by atoms with van der Waals surface area (Å²) in [5.41, 5.74) is 0. The van der Waals surface area contributed by atoms with Gasteiger partial charge in [0, 0.05) is 7.11 Å². The van der Waals surface area contributed by atoms with Crippen LogP contribution in [0.15, 0.2) is 0 Å². The fraction of sp³-hybridized carbons (Fsp3) is 1.00. The van der Waals surface area contributed by atoms with Crippen LogP contribution in [0.2, 0.25) is 12.1 Å². The molecule has 0 saturated heterocycles. The maximum atomic E-state index is 13.3. The van der Waals surface area contributed by atoms with Crippen molar-refractivity contribution in [1.29, 1.82) is 0 Å². The summed E-state index contributed by atoms with van der Waals surface area (Å²) >= 11 is 0. The minimum absolute atomic E-state index is 0.0251. The number of hydrogen-bond acceptors (Lipinski definition) is 2. The maximum absolute atomic E-state index is 13.3. The Labute approximate surface area is 121 Å². The molecule has 0 aromatic rings. The largest absolute Gasteiger partial charge is 0.460 e. The van der Waals surface area contributed by atoms with Gasteiger partial charge in [0.2, 0.25) is 0 Å². The molecule has 2 nitrogen and oxygen atoms in total. The van der Waals surface area contributed by atoms with Gasteiger partial charge >= 0.3 is 32.5 Å². The first-order chi connectivity index (χ1) is 9.64. The van der Waals surface area contributed by atoms with Gasteiger partial charge in [-0.3, -0.25) is 0 Å². The van der Waals surface area contributed by atoms with Gasteiger partial charge < -0.3 is 8.85 Å². The lowest BCUT2D eigenvalue weighted by Gasteiger charge is -2.35. The molecule has 0 saturated carbocycles. The Morgan fingerprint density at radius 3 is 1.45 bits per heavy atom. The quantitative estimate of drug-likeness (QED) is 0.462. The van der Waals surface area contributed by atoms with Crippen molar-refractivity contribution in [2.75, 3.05) is 13.7 Å². The van der Waals surface area contributed by atoms with E-state index in [0.717, 1.165) is 7.11 Å². The third-order valence-corrected chi connectivity index (χ3v) is 6.74. The van der Waals surface area contributed by atoms with E-state index in [4.69, 9.17) is 4.43 Å². The van der Waals surface area contributed by atoms with Crippen LogP contribution in [-0.2, 0) is 8.85 Å². The summed E-state index contributed by atoms with van der Waals surface area (Å²) in [5.74, 6) is -19.3. The van der Waals surface area contributed by atoms with Crippen molar-refractivity contribution in [3.05, 3.63) is 0 Å². The summed E-state index contributed by atoms with van der Waals surface area (Å²) in [5, 5.41) is 0. The molecular formula is C10H15F9O2Si.